The zero-order valence-electron chi connectivity index (χ0n) is 12.5. The van der Waals surface area contributed by atoms with Gasteiger partial charge in [-0.05, 0) is 39.7 Å². The maximum Gasteiger partial charge on any atom is 0.164 e. The predicted molar refractivity (Wildman–Crippen MR) is 79.5 cm³/mol. The van der Waals surface area contributed by atoms with Crippen LogP contribution >= 0.6 is 0 Å². The molecular weight excluding hydrogens is 240 g/mol. The molecule has 1 heterocycles. The number of hydrogen-bond donors (Lipinski definition) is 1. The number of methoxy groups -OCH3 is 1. The Kier molecular flexibility index (Phi) is 7.22. The second-order valence-corrected chi connectivity index (χ2v) is 4.67. The summed E-state index contributed by atoms with van der Waals surface area (Å²) in [4.78, 5) is 2.15. The molecule has 5 heteroatoms. The van der Waals surface area contributed by atoms with Gasteiger partial charge in [-0.3, -0.25) is 4.68 Å². The van der Waals surface area contributed by atoms with Crippen molar-refractivity contribution in [1.29, 1.82) is 0 Å². The number of aromatic nitrogens is 2. The minimum atomic E-state index is 0.832. The Morgan fingerprint density at radius 1 is 1.47 bits per heavy atom. The minimum absolute atomic E-state index is 0.832. The highest BCUT2D eigenvalue weighted by Crippen LogP contribution is 2.19. The molecule has 0 radical (unpaired) electrons. The summed E-state index contributed by atoms with van der Waals surface area (Å²) < 4.78 is 7.34. The van der Waals surface area contributed by atoms with Gasteiger partial charge >= 0.3 is 0 Å². The smallest absolute Gasteiger partial charge is 0.164 e. The van der Waals surface area contributed by atoms with E-state index in [1.54, 1.807) is 13.3 Å². The maximum absolute atomic E-state index is 5.35. The van der Waals surface area contributed by atoms with E-state index < -0.39 is 0 Å². The Hall–Kier alpha value is -1.33. The molecular formula is C14H26N4O. The third kappa shape index (κ3) is 5.44. The van der Waals surface area contributed by atoms with Crippen LogP contribution in [0.3, 0.4) is 0 Å². The summed E-state index contributed by atoms with van der Waals surface area (Å²) in [6.07, 6.45) is 7.04. The first kappa shape index (κ1) is 15.7. The molecule has 1 N–H and O–H groups in total. The van der Waals surface area contributed by atoms with Gasteiger partial charge in [0.2, 0.25) is 0 Å². The van der Waals surface area contributed by atoms with E-state index >= 15 is 0 Å². The molecule has 5 nitrogen and oxygen atoms in total. The molecule has 0 aliphatic carbocycles. The molecule has 0 atom stereocenters. The number of nitrogens with zero attached hydrogens (tertiary/aromatic N) is 3. The molecule has 108 valence electrons. The molecule has 1 aromatic rings. The molecule has 0 amide bonds. The van der Waals surface area contributed by atoms with Gasteiger partial charge in [-0.1, -0.05) is 13.0 Å². The van der Waals surface area contributed by atoms with Crippen molar-refractivity contribution in [2.45, 2.75) is 19.9 Å². The lowest BCUT2D eigenvalue weighted by Crippen LogP contribution is -2.19. The first-order chi connectivity index (χ1) is 9.19. The first-order valence-electron chi connectivity index (χ1n) is 6.80. The predicted octanol–water partition coefficient (Wildman–Crippen LogP) is 1.47. The maximum atomic E-state index is 5.35. The van der Waals surface area contributed by atoms with Crippen molar-refractivity contribution in [3.05, 3.63) is 18.0 Å². The largest absolute Gasteiger partial charge is 0.493 e. The number of nitrogens with one attached hydrogen (secondary N) is 1. The zero-order valence-corrected chi connectivity index (χ0v) is 12.5. The molecule has 0 saturated heterocycles. The van der Waals surface area contributed by atoms with E-state index in [2.05, 4.69) is 48.5 Å². The van der Waals surface area contributed by atoms with Gasteiger partial charge in [0.05, 0.1) is 19.9 Å². The molecule has 1 rings (SSSR count). The van der Waals surface area contributed by atoms with Crippen LogP contribution in [0.5, 0.6) is 5.75 Å². The molecule has 0 aromatic carbocycles. The summed E-state index contributed by atoms with van der Waals surface area (Å²) in [5, 5.41) is 7.67. The van der Waals surface area contributed by atoms with Crippen LogP contribution in [0.1, 0.15) is 19.0 Å². The quantitative estimate of drug-likeness (QED) is 0.687. The topological polar surface area (TPSA) is 42.3 Å². The lowest BCUT2D eigenvalue weighted by Gasteiger charge is -2.11. The SMILES string of the molecule is CCNCC/C=C/c1c(OC)cnn1CCN(C)C. The summed E-state index contributed by atoms with van der Waals surface area (Å²) in [6.45, 7) is 5.95. The Bertz CT molecular complexity index is 385. The third-order valence-electron chi connectivity index (χ3n) is 2.84. The number of rotatable bonds is 9. The van der Waals surface area contributed by atoms with Crippen LogP contribution in [-0.2, 0) is 6.54 Å². The van der Waals surface area contributed by atoms with Gasteiger partial charge in [-0.2, -0.15) is 5.10 Å². The average molecular weight is 266 g/mol. The molecule has 0 fully saturated rings. The fourth-order valence-corrected chi connectivity index (χ4v) is 1.73. The van der Waals surface area contributed by atoms with Crippen molar-refractivity contribution in [3.8, 4) is 5.75 Å². The van der Waals surface area contributed by atoms with E-state index in [-0.39, 0.29) is 0 Å². The summed E-state index contributed by atoms with van der Waals surface area (Å²) in [5.74, 6) is 0.832. The lowest BCUT2D eigenvalue weighted by atomic mass is 10.3. The number of likely N-dealkylation sites (N-methyl/N-ethyl adjacent to an activating group) is 1. The molecule has 19 heavy (non-hydrogen) atoms. The van der Waals surface area contributed by atoms with Crippen molar-refractivity contribution in [2.24, 2.45) is 0 Å². The second kappa shape index (κ2) is 8.72. The Morgan fingerprint density at radius 3 is 2.89 bits per heavy atom. The van der Waals surface area contributed by atoms with Crippen LogP contribution in [0.4, 0.5) is 0 Å². The third-order valence-corrected chi connectivity index (χ3v) is 2.84. The fraction of sp³-hybridized carbons (Fsp3) is 0.643. The first-order valence-corrected chi connectivity index (χ1v) is 6.80. The minimum Gasteiger partial charge on any atom is -0.493 e. The van der Waals surface area contributed by atoms with Crippen molar-refractivity contribution >= 4 is 6.08 Å². The van der Waals surface area contributed by atoms with Crippen molar-refractivity contribution in [1.82, 2.24) is 20.0 Å². The van der Waals surface area contributed by atoms with Crippen molar-refractivity contribution in [3.63, 3.8) is 0 Å². The highest BCUT2D eigenvalue weighted by atomic mass is 16.5. The van der Waals surface area contributed by atoms with Crippen LogP contribution in [0, 0.1) is 0 Å². The molecule has 0 unspecified atom stereocenters. The Labute approximate surface area is 116 Å². The van der Waals surface area contributed by atoms with Gasteiger partial charge in [-0.15, -0.1) is 0 Å². The van der Waals surface area contributed by atoms with Crippen LogP contribution in [0.15, 0.2) is 12.3 Å². The average Bonchev–Trinajstić information content (AvgIpc) is 2.78. The molecule has 0 spiro atoms. The Morgan fingerprint density at radius 2 is 2.26 bits per heavy atom. The summed E-state index contributed by atoms with van der Waals surface area (Å²) in [7, 11) is 5.81. The highest BCUT2D eigenvalue weighted by Gasteiger charge is 2.08. The monoisotopic (exact) mass is 266 g/mol. The van der Waals surface area contributed by atoms with Gasteiger partial charge < -0.3 is 15.0 Å². The van der Waals surface area contributed by atoms with Crippen molar-refractivity contribution in [2.75, 3.05) is 40.8 Å². The number of ether oxygens (including phenoxy) is 1. The Balaban J connectivity index is 2.64. The van der Waals surface area contributed by atoms with Crippen LogP contribution in [0.2, 0.25) is 0 Å². The summed E-state index contributed by atoms with van der Waals surface area (Å²) >= 11 is 0. The second-order valence-electron chi connectivity index (χ2n) is 4.67. The number of hydrogen-bond acceptors (Lipinski definition) is 4. The van der Waals surface area contributed by atoms with E-state index in [4.69, 9.17) is 4.74 Å². The van der Waals surface area contributed by atoms with Crippen LogP contribution in [-0.4, -0.2) is 55.5 Å². The molecule has 0 saturated carbocycles. The van der Waals surface area contributed by atoms with Crippen LogP contribution in [0.25, 0.3) is 6.08 Å². The molecule has 0 bridgehead atoms. The normalized spacial score (nSPS) is 11.6. The standard InChI is InChI=1S/C14H26N4O/c1-5-15-9-7-6-8-13-14(19-4)12-16-18(13)11-10-17(2)3/h6,8,12,15H,5,7,9-11H2,1-4H3/b8-6+. The van der Waals surface area contributed by atoms with Gasteiger partial charge in [0.1, 0.15) is 5.69 Å². The van der Waals surface area contributed by atoms with Gasteiger partial charge in [0.15, 0.2) is 5.75 Å². The van der Waals surface area contributed by atoms with E-state index in [0.717, 1.165) is 44.0 Å². The van der Waals surface area contributed by atoms with E-state index in [0.29, 0.717) is 0 Å². The highest BCUT2D eigenvalue weighted by molar-refractivity contribution is 5.52. The lowest BCUT2D eigenvalue weighted by molar-refractivity contribution is 0.370. The van der Waals surface area contributed by atoms with Gasteiger partial charge in [0.25, 0.3) is 0 Å². The fourth-order valence-electron chi connectivity index (χ4n) is 1.73. The van der Waals surface area contributed by atoms with E-state index in [1.807, 2.05) is 4.68 Å². The molecule has 0 aliphatic rings. The molecule has 1 aromatic heterocycles. The summed E-state index contributed by atoms with van der Waals surface area (Å²) in [5.41, 5.74) is 1.04. The summed E-state index contributed by atoms with van der Waals surface area (Å²) in [6, 6.07) is 0. The van der Waals surface area contributed by atoms with Gasteiger partial charge in [-0.25, -0.2) is 0 Å². The van der Waals surface area contributed by atoms with Gasteiger partial charge in [0, 0.05) is 6.54 Å². The van der Waals surface area contributed by atoms with Crippen molar-refractivity contribution < 1.29 is 4.74 Å². The van der Waals surface area contributed by atoms with Crippen LogP contribution < -0.4 is 10.1 Å². The molecule has 0 aliphatic heterocycles. The van der Waals surface area contributed by atoms with E-state index in [9.17, 15) is 0 Å². The van der Waals surface area contributed by atoms with E-state index in [1.165, 1.54) is 0 Å². The zero-order chi connectivity index (χ0) is 14.1.